The first kappa shape index (κ1) is 17.3. The fourth-order valence-electron chi connectivity index (χ4n) is 2.13. The molecule has 0 aliphatic rings. The predicted molar refractivity (Wildman–Crippen MR) is 85.0 cm³/mol. The maximum Gasteiger partial charge on any atom is 0.223 e. The van der Waals surface area contributed by atoms with Crippen molar-refractivity contribution in [2.24, 2.45) is 0 Å². The SMILES string of the molecule is CCC(C)(C)N(C)C(=O)CCc1cccc(OC)c1OC. The molecule has 0 saturated carbocycles. The van der Waals surface area contributed by atoms with Crippen molar-refractivity contribution in [3.63, 3.8) is 0 Å². The summed E-state index contributed by atoms with van der Waals surface area (Å²) >= 11 is 0. The maximum absolute atomic E-state index is 12.3. The molecule has 0 aliphatic carbocycles. The van der Waals surface area contributed by atoms with Gasteiger partial charge in [0.1, 0.15) is 0 Å². The van der Waals surface area contributed by atoms with E-state index in [9.17, 15) is 4.79 Å². The molecule has 0 N–H and O–H groups in total. The Morgan fingerprint density at radius 1 is 1.24 bits per heavy atom. The number of carbonyl (C=O) groups is 1. The number of benzene rings is 1. The van der Waals surface area contributed by atoms with E-state index in [1.165, 1.54) is 0 Å². The van der Waals surface area contributed by atoms with E-state index in [1.807, 2.05) is 30.1 Å². The fraction of sp³-hybridized carbons (Fsp3) is 0.588. The molecular weight excluding hydrogens is 266 g/mol. The molecule has 0 unspecified atom stereocenters. The molecule has 0 fully saturated rings. The van der Waals surface area contributed by atoms with Crippen molar-refractivity contribution >= 4 is 5.91 Å². The minimum atomic E-state index is -0.116. The number of nitrogens with zero attached hydrogens (tertiary/aromatic N) is 1. The highest BCUT2D eigenvalue weighted by Crippen LogP contribution is 2.31. The van der Waals surface area contributed by atoms with Crippen LogP contribution in [0.4, 0.5) is 0 Å². The number of carbonyl (C=O) groups excluding carboxylic acids is 1. The lowest BCUT2D eigenvalue weighted by Gasteiger charge is -2.35. The summed E-state index contributed by atoms with van der Waals surface area (Å²) in [5.41, 5.74) is 0.878. The van der Waals surface area contributed by atoms with E-state index in [1.54, 1.807) is 14.2 Å². The minimum Gasteiger partial charge on any atom is -0.493 e. The van der Waals surface area contributed by atoms with Crippen LogP contribution in [-0.4, -0.2) is 37.6 Å². The lowest BCUT2D eigenvalue weighted by Crippen LogP contribution is -2.44. The van der Waals surface area contributed by atoms with Gasteiger partial charge in [0.15, 0.2) is 11.5 Å². The summed E-state index contributed by atoms with van der Waals surface area (Å²) in [6.45, 7) is 6.25. The number of rotatable bonds is 7. The van der Waals surface area contributed by atoms with Crippen LogP contribution in [0.5, 0.6) is 11.5 Å². The molecule has 1 rings (SSSR count). The van der Waals surface area contributed by atoms with Crippen molar-refractivity contribution in [2.45, 2.75) is 45.6 Å². The first-order chi connectivity index (χ1) is 9.87. The Hall–Kier alpha value is -1.71. The number of aryl methyl sites for hydroxylation is 1. The van der Waals surface area contributed by atoms with Crippen LogP contribution in [0.3, 0.4) is 0 Å². The number of para-hydroxylation sites is 1. The van der Waals surface area contributed by atoms with Crippen LogP contribution in [0.1, 0.15) is 39.2 Å². The molecule has 21 heavy (non-hydrogen) atoms. The molecule has 0 spiro atoms. The van der Waals surface area contributed by atoms with Crippen molar-refractivity contribution < 1.29 is 14.3 Å². The van der Waals surface area contributed by atoms with E-state index in [2.05, 4.69) is 20.8 Å². The van der Waals surface area contributed by atoms with Crippen molar-refractivity contribution in [3.8, 4) is 11.5 Å². The molecule has 1 aromatic rings. The number of hydrogen-bond acceptors (Lipinski definition) is 3. The average Bonchev–Trinajstić information content (AvgIpc) is 2.50. The van der Waals surface area contributed by atoms with Crippen LogP contribution >= 0.6 is 0 Å². The van der Waals surface area contributed by atoms with E-state index in [0.717, 1.165) is 12.0 Å². The molecule has 0 aliphatic heterocycles. The third-order valence-corrected chi connectivity index (χ3v) is 4.24. The zero-order valence-corrected chi connectivity index (χ0v) is 14.0. The summed E-state index contributed by atoms with van der Waals surface area (Å²) in [7, 11) is 5.11. The Balaban J connectivity index is 2.78. The van der Waals surface area contributed by atoms with Gasteiger partial charge < -0.3 is 14.4 Å². The second-order valence-corrected chi connectivity index (χ2v) is 5.77. The van der Waals surface area contributed by atoms with Gasteiger partial charge in [0, 0.05) is 19.0 Å². The lowest BCUT2D eigenvalue weighted by atomic mass is 9.99. The Kier molecular flexibility index (Phi) is 6.06. The number of amides is 1. The van der Waals surface area contributed by atoms with E-state index in [4.69, 9.17) is 9.47 Å². The van der Waals surface area contributed by atoms with Crippen LogP contribution in [0.15, 0.2) is 18.2 Å². The largest absolute Gasteiger partial charge is 0.493 e. The van der Waals surface area contributed by atoms with E-state index < -0.39 is 0 Å². The molecule has 0 heterocycles. The van der Waals surface area contributed by atoms with Crippen molar-refractivity contribution in [1.29, 1.82) is 0 Å². The fourth-order valence-corrected chi connectivity index (χ4v) is 2.13. The van der Waals surface area contributed by atoms with Crippen LogP contribution in [-0.2, 0) is 11.2 Å². The van der Waals surface area contributed by atoms with Gasteiger partial charge >= 0.3 is 0 Å². The van der Waals surface area contributed by atoms with E-state index in [0.29, 0.717) is 24.3 Å². The number of methoxy groups -OCH3 is 2. The second-order valence-electron chi connectivity index (χ2n) is 5.77. The Bertz CT molecular complexity index is 483. The molecular formula is C17H27NO3. The zero-order valence-electron chi connectivity index (χ0n) is 14.0. The Labute approximate surface area is 128 Å². The molecule has 0 bridgehead atoms. The number of ether oxygens (including phenoxy) is 2. The highest BCUT2D eigenvalue weighted by atomic mass is 16.5. The lowest BCUT2D eigenvalue weighted by molar-refractivity contribution is -0.134. The third-order valence-electron chi connectivity index (χ3n) is 4.24. The van der Waals surface area contributed by atoms with Gasteiger partial charge in [-0.25, -0.2) is 0 Å². The standard InChI is InChI=1S/C17H27NO3/c1-7-17(2,3)18(4)15(19)12-11-13-9-8-10-14(20-5)16(13)21-6/h8-10H,7,11-12H2,1-6H3. The van der Waals surface area contributed by atoms with Gasteiger partial charge in [0.2, 0.25) is 5.91 Å². The maximum atomic E-state index is 12.3. The van der Waals surface area contributed by atoms with Gasteiger partial charge in [-0.2, -0.15) is 0 Å². The van der Waals surface area contributed by atoms with Gasteiger partial charge in [0.05, 0.1) is 14.2 Å². The predicted octanol–water partition coefficient (Wildman–Crippen LogP) is 3.28. The Morgan fingerprint density at radius 3 is 2.43 bits per heavy atom. The molecule has 0 aromatic heterocycles. The summed E-state index contributed by atoms with van der Waals surface area (Å²) in [5, 5.41) is 0. The highest BCUT2D eigenvalue weighted by molar-refractivity contribution is 5.77. The topological polar surface area (TPSA) is 38.8 Å². The Morgan fingerprint density at radius 2 is 1.90 bits per heavy atom. The zero-order chi connectivity index (χ0) is 16.0. The van der Waals surface area contributed by atoms with Gasteiger partial charge in [-0.1, -0.05) is 19.1 Å². The summed E-state index contributed by atoms with van der Waals surface area (Å²) in [4.78, 5) is 14.2. The van der Waals surface area contributed by atoms with Crippen molar-refractivity contribution in [2.75, 3.05) is 21.3 Å². The van der Waals surface area contributed by atoms with E-state index in [-0.39, 0.29) is 11.4 Å². The van der Waals surface area contributed by atoms with Crippen LogP contribution in [0, 0.1) is 0 Å². The molecule has 4 nitrogen and oxygen atoms in total. The highest BCUT2D eigenvalue weighted by Gasteiger charge is 2.25. The summed E-state index contributed by atoms with van der Waals surface area (Å²) in [6.07, 6.45) is 2.03. The first-order valence-corrected chi connectivity index (χ1v) is 7.34. The molecule has 118 valence electrons. The summed E-state index contributed by atoms with van der Waals surface area (Å²) in [6, 6.07) is 5.75. The molecule has 1 aromatic carbocycles. The van der Waals surface area contributed by atoms with Gasteiger partial charge in [-0.15, -0.1) is 0 Å². The smallest absolute Gasteiger partial charge is 0.223 e. The average molecular weight is 293 g/mol. The summed E-state index contributed by atoms with van der Waals surface area (Å²) < 4.78 is 10.7. The minimum absolute atomic E-state index is 0.116. The molecule has 0 saturated heterocycles. The second kappa shape index (κ2) is 7.34. The van der Waals surface area contributed by atoms with E-state index >= 15 is 0 Å². The molecule has 0 radical (unpaired) electrons. The molecule has 4 heteroatoms. The normalized spacial score (nSPS) is 11.1. The van der Waals surface area contributed by atoms with Crippen molar-refractivity contribution in [3.05, 3.63) is 23.8 Å². The van der Waals surface area contributed by atoms with Gasteiger partial charge in [-0.05, 0) is 38.3 Å². The van der Waals surface area contributed by atoms with Gasteiger partial charge in [0.25, 0.3) is 0 Å². The van der Waals surface area contributed by atoms with Crippen LogP contribution in [0.2, 0.25) is 0 Å². The van der Waals surface area contributed by atoms with Crippen LogP contribution < -0.4 is 9.47 Å². The summed E-state index contributed by atoms with van der Waals surface area (Å²) in [5.74, 6) is 1.56. The molecule has 0 atom stereocenters. The van der Waals surface area contributed by atoms with Gasteiger partial charge in [-0.3, -0.25) is 4.79 Å². The third kappa shape index (κ3) is 4.13. The number of hydrogen-bond donors (Lipinski definition) is 0. The quantitative estimate of drug-likeness (QED) is 0.774. The monoisotopic (exact) mass is 293 g/mol. The molecule has 1 amide bonds. The first-order valence-electron chi connectivity index (χ1n) is 7.34. The van der Waals surface area contributed by atoms with Crippen molar-refractivity contribution in [1.82, 2.24) is 4.90 Å². The van der Waals surface area contributed by atoms with Crippen LogP contribution in [0.25, 0.3) is 0 Å².